The van der Waals surface area contributed by atoms with Gasteiger partial charge < -0.3 is 5.32 Å². The average molecular weight is 324 g/mol. The number of nitrogens with one attached hydrogen (secondary N) is 2. The van der Waals surface area contributed by atoms with Crippen LogP contribution in [0.25, 0.3) is 0 Å². The Morgan fingerprint density at radius 2 is 1.91 bits per heavy atom. The summed E-state index contributed by atoms with van der Waals surface area (Å²) in [5.41, 5.74) is 0.927. The van der Waals surface area contributed by atoms with Gasteiger partial charge in [0.1, 0.15) is 0 Å². The number of carbonyl (C=O) groups is 1. The van der Waals surface area contributed by atoms with E-state index < -0.39 is 10.0 Å². The van der Waals surface area contributed by atoms with E-state index >= 15 is 0 Å². The third-order valence-corrected chi connectivity index (χ3v) is 4.44. The molecule has 5 nitrogen and oxygen atoms in total. The highest BCUT2D eigenvalue weighted by Gasteiger charge is 2.13. The Morgan fingerprint density at radius 3 is 2.45 bits per heavy atom. The highest BCUT2D eigenvalue weighted by Crippen LogP contribution is 2.12. The third-order valence-electron chi connectivity index (χ3n) is 3.00. The van der Waals surface area contributed by atoms with Gasteiger partial charge in [0.15, 0.2) is 0 Å². The Hall–Kier alpha value is -1.66. The summed E-state index contributed by atoms with van der Waals surface area (Å²) in [4.78, 5) is 11.7. The van der Waals surface area contributed by atoms with Crippen molar-refractivity contribution in [1.82, 2.24) is 10.0 Å². The van der Waals surface area contributed by atoms with Crippen molar-refractivity contribution in [2.24, 2.45) is 5.92 Å². The molecular weight excluding hydrogens is 300 g/mol. The zero-order valence-electron chi connectivity index (χ0n) is 13.1. The zero-order valence-corrected chi connectivity index (χ0v) is 13.9. The molecule has 0 spiro atoms. The molecule has 0 saturated carbocycles. The van der Waals surface area contributed by atoms with Gasteiger partial charge in [-0.1, -0.05) is 32.1 Å². The lowest BCUT2D eigenvalue weighted by Gasteiger charge is -2.09. The monoisotopic (exact) mass is 324 g/mol. The summed E-state index contributed by atoms with van der Waals surface area (Å²) in [6.45, 7) is 8.29. The number of carbonyl (C=O) groups excluding carboxylic acids is 1. The summed E-state index contributed by atoms with van der Waals surface area (Å²) < 4.78 is 26.7. The van der Waals surface area contributed by atoms with E-state index in [0.29, 0.717) is 25.9 Å². The summed E-state index contributed by atoms with van der Waals surface area (Å²) in [5.74, 6) is 0.207. The molecule has 22 heavy (non-hydrogen) atoms. The maximum absolute atomic E-state index is 12.0. The number of benzene rings is 1. The van der Waals surface area contributed by atoms with E-state index in [4.69, 9.17) is 0 Å². The maximum atomic E-state index is 12.0. The predicted octanol–water partition coefficient (Wildman–Crippen LogP) is 1.86. The molecule has 1 aromatic rings. The number of amides is 1. The van der Waals surface area contributed by atoms with Crippen LogP contribution >= 0.6 is 0 Å². The number of hydrogen-bond acceptors (Lipinski definition) is 3. The molecule has 0 radical (unpaired) electrons. The van der Waals surface area contributed by atoms with Gasteiger partial charge >= 0.3 is 0 Å². The van der Waals surface area contributed by atoms with Crippen LogP contribution in [0.5, 0.6) is 0 Å². The Kier molecular flexibility index (Phi) is 7.27. The van der Waals surface area contributed by atoms with Crippen LogP contribution in [0, 0.1) is 5.92 Å². The van der Waals surface area contributed by atoms with E-state index in [1.54, 1.807) is 30.3 Å². The maximum Gasteiger partial charge on any atom is 0.240 e. The minimum Gasteiger partial charge on any atom is -0.353 e. The van der Waals surface area contributed by atoms with Gasteiger partial charge in [0.2, 0.25) is 15.9 Å². The van der Waals surface area contributed by atoms with E-state index in [1.165, 1.54) is 0 Å². The summed E-state index contributed by atoms with van der Waals surface area (Å²) in [6, 6.07) is 6.62. The number of rotatable bonds is 9. The van der Waals surface area contributed by atoms with Gasteiger partial charge in [-0.05, 0) is 30.0 Å². The lowest BCUT2D eigenvalue weighted by molar-refractivity contribution is -0.120. The van der Waals surface area contributed by atoms with Gasteiger partial charge in [0.25, 0.3) is 0 Å². The van der Waals surface area contributed by atoms with Crippen molar-refractivity contribution in [1.29, 1.82) is 0 Å². The topological polar surface area (TPSA) is 75.3 Å². The van der Waals surface area contributed by atoms with Crippen LogP contribution in [-0.4, -0.2) is 27.4 Å². The molecule has 0 aliphatic heterocycles. The van der Waals surface area contributed by atoms with Gasteiger partial charge in [-0.25, -0.2) is 13.1 Å². The van der Waals surface area contributed by atoms with Crippen molar-refractivity contribution in [3.8, 4) is 0 Å². The first-order valence-corrected chi connectivity index (χ1v) is 8.79. The Bertz CT molecular complexity index is 592. The fourth-order valence-electron chi connectivity index (χ4n) is 1.73. The van der Waals surface area contributed by atoms with E-state index in [2.05, 4.69) is 16.6 Å². The number of aryl methyl sites for hydroxylation is 1. The highest BCUT2D eigenvalue weighted by molar-refractivity contribution is 7.89. The molecule has 1 aromatic carbocycles. The summed E-state index contributed by atoms with van der Waals surface area (Å²) in [5, 5.41) is 2.70. The average Bonchev–Trinajstić information content (AvgIpc) is 2.49. The zero-order chi connectivity index (χ0) is 16.6. The quantitative estimate of drug-likeness (QED) is 0.681. The first-order chi connectivity index (χ1) is 10.3. The van der Waals surface area contributed by atoms with Gasteiger partial charge in [-0.15, -0.1) is 6.58 Å². The smallest absolute Gasteiger partial charge is 0.240 e. The van der Waals surface area contributed by atoms with Crippen molar-refractivity contribution in [3.63, 3.8) is 0 Å². The molecular formula is C16H24N2O3S. The van der Waals surface area contributed by atoms with Crippen LogP contribution in [0.1, 0.15) is 25.8 Å². The van der Waals surface area contributed by atoms with E-state index in [1.807, 2.05) is 13.8 Å². The normalized spacial score (nSPS) is 11.4. The van der Waals surface area contributed by atoms with Gasteiger partial charge in [0, 0.05) is 19.5 Å². The third kappa shape index (κ3) is 6.41. The van der Waals surface area contributed by atoms with Gasteiger partial charge in [-0.2, -0.15) is 0 Å². The van der Waals surface area contributed by atoms with Crippen molar-refractivity contribution < 1.29 is 13.2 Å². The Morgan fingerprint density at radius 1 is 1.27 bits per heavy atom. The molecule has 0 atom stereocenters. The minimum atomic E-state index is -3.46. The van der Waals surface area contributed by atoms with Crippen LogP contribution in [0.2, 0.25) is 0 Å². The molecule has 0 fully saturated rings. The molecule has 1 rings (SSSR count). The lowest BCUT2D eigenvalue weighted by atomic mass is 10.1. The van der Waals surface area contributed by atoms with Crippen LogP contribution in [0.15, 0.2) is 41.8 Å². The second-order valence-corrected chi connectivity index (χ2v) is 7.25. The molecule has 0 heterocycles. The highest BCUT2D eigenvalue weighted by atomic mass is 32.2. The fraction of sp³-hybridized carbons (Fsp3) is 0.438. The van der Waals surface area contributed by atoms with E-state index in [9.17, 15) is 13.2 Å². The molecule has 0 bridgehead atoms. The predicted molar refractivity (Wildman–Crippen MR) is 88.0 cm³/mol. The van der Waals surface area contributed by atoms with Crippen LogP contribution in [0.4, 0.5) is 0 Å². The molecule has 0 aliphatic rings. The summed E-state index contributed by atoms with van der Waals surface area (Å²) in [7, 11) is -3.46. The molecule has 0 aliphatic carbocycles. The molecule has 0 aromatic heterocycles. The SMILES string of the molecule is C=CCNC(=O)CCc1ccc(S(=O)(=O)NCC(C)C)cc1. The first kappa shape index (κ1) is 18.4. The fourth-order valence-corrected chi connectivity index (χ4v) is 2.94. The molecule has 2 N–H and O–H groups in total. The first-order valence-electron chi connectivity index (χ1n) is 7.31. The van der Waals surface area contributed by atoms with Gasteiger partial charge in [0.05, 0.1) is 4.90 Å². The van der Waals surface area contributed by atoms with Crippen molar-refractivity contribution >= 4 is 15.9 Å². The molecule has 122 valence electrons. The second-order valence-electron chi connectivity index (χ2n) is 5.48. The van der Waals surface area contributed by atoms with Crippen molar-refractivity contribution in [2.75, 3.05) is 13.1 Å². The molecule has 0 unspecified atom stereocenters. The van der Waals surface area contributed by atoms with Crippen LogP contribution < -0.4 is 10.0 Å². The number of hydrogen-bond donors (Lipinski definition) is 2. The van der Waals surface area contributed by atoms with Crippen molar-refractivity contribution in [3.05, 3.63) is 42.5 Å². The molecule has 1 amide bonds. The molecule has 0 saturated heterocycles. The number of sulfonamides is 1. The van der Waals surface area contributed by atoms with Crippen LogP contribution in [0.3, 0.4) is 0 Å². The summed E-state index contributed by atoms with van der Waals surface area (Å²) >= 11 is 0. The lowest BCUT2D eigenvalue weighted by Crippen LogP contribution is -2.27. The minimum absolute atomic E-state index is 0.0461. The Labute approximate surface area is 132 Å². The van der Waals surface area contributed by atoms with Crippen LogP contribution in [-0.2, 0) is 21.2 Å². The Balaban J connectivity index is 2.59. The standard InChI is InChI=1S/C16H24N2O3S/c1-4-11-17-16(19)10-7-14-5-8-15(9-6-14)22(20,21)18-12-13(2)3/h4-6,8-9,13,18H,1,7,10-12H2,2-3H3,(H,17,19). The molecule has 6 heteroatoms. The van der Waals surface area contributed by atoms with E-state index in [0.717, 1.165) is 5.56 Å². The summed E-state index contributed by atoms with van der Waals surface area (Å²) in [6.07, 6.45) is 2.57. The van der Waals surface area contributed by atoms with Gasteiger partial charge in [-0.3, -0.25) is 4.79 Å². The largest absolute Gasteiger partial charge is 0.353 e. The van der Waals surface area contributed by atoms with Crippen molar-refractivity contribution in [2.45, 2.75) is 31.6 Å². The second kappa shape index (κ2) is 8.70. The van der Waals surface area contributed by atoms with E-state index in [-0.39, 0.29) is 16.7 Å².